The summed E-state index contributed by atoms with van der Waals surface area (Å²) in [5, 5.41) is 0.00264. The third kappa shape index (κ3) is 4.28. The number of esters is 1. The third-order valence-electron chi connectivity index (χ3n) is 5.52. The number of hydrogen-bond acceptors (Lipinski definition) is 8. The number of benzene rings is 1. The van der Waals surface area contributed by atoms with Gasteiger partial charge in [0.1, 0.15) is 5.82 Å². The van der Waals surface area contributed by atoms with Crippen LogP contribution in [0.4, 0.5) is 0 Å². The minimum Gasteiger partial charge on any atom is -0.457 e. The summed E-state index contributed by atoms with van der Waals surface area (Å²) >= 11 is 0. The highest BCUT2D eigenvalue weighted by Gasteiger charge is 2.34. The van der Waals surface area contributed by atoms with Gasteiger partial charge in [-0.25, -0.2) is 13.4 Å². The summed E-state index contributed by atoms with van der Waals surface area (Å²) in [6.45, 7) is 1.83. The van der Waals surface area contributed by atoms with E-state index in [9.17, 15) is 18.0 Å². The average Bonchev–Trinajstić information content (AvgIpc) is 3.37. The molecular formula is C20H23N3O7S. The van der Waals surface area contributed by atoms with Crippen LogP contribution >= 0.6 is 0 Å². The van der Waals surface area contributed by atoms with Crippen LogP contribution in [-0.2, 0) is 26.6 Å². The predicted octanol–water partition coefficient (Wildman–Crippen LogP) is 1.28. The lowest BCUT2D eigenvalue weighted by Crippen LogP contribution is -2.41. The van der Waals surface area contributed by atoms with Gasteiger partial charge in [-0.15, -0.1) is 0 Å². The van der Waals surface area contributed by atoms with Gasteiger partial charge in [0.25, 0.3) is 10.0 Å². The molecule has 0 atom stereocenters. The van der Waals surface area contributed by atoms with E-state index >= 15 is 0 Å². The second-order valence-electron chi connectivity index (χ2n) is 7.51. The SMILES string of the molecule is Cc1nc(S(=O)(=O)N2CCC(C(=O)OCC(=O)c3ccc4c(c3)OCO4)CC2)cn1C. The van der Waals surface area contributed by atoms with Crippen LogP contribution < -0.4 is 9.47 Å². The Morgan fingerprint density at radius 2 is 1.90 bits per heavy atom. The van der Waals surface area contributed by atoms with Crippen LogP contribution in [0.25, 0.3) is 0 Å². The highest BCUT2D eigenvalue weighted by Crippen LogP contribution is 2.32. The van der Waals surface area contributed by atoms with Gasteiger partial charge in [-0.2, -0.15) is 4.31 Å². The van der Waals surface area contributed by atoms with E-state index in [1.807, 2.05) is 0 Å². The number of ether oxygens (including phenoxy) is 3. The molecule has 0 aliphatic carbocycles. The predicted molar refractivity (Wildman–Crippen MR) is 107 cm³/mol. The second kappa shape index (κ2) is 8.31. The Morgan fingerprint density at radius 3 is 2.58 bits per heavy atom. The van der Waals surface area contributed by atoms with Crippen LogP contribution in [-0.4, -0.2) is 60.5 Å². The van der Waals surface area contributed by atoms with E-state index < -0.39 is 21.9 Å². The molecule has 1 aromatic heterocycles. The summed E-state index contributed by atoms with van der Waals surface area (Å²) in [6, 6.07) is 4.78. The lowest BCUT2D eigenvalue weighted by molar-refractivity contribution is -0.148. The van der Waals surface area contributed by atoms with Gasteiger partial charge in [0, 0.05) is 31.9 Å². The van der Waals surface area contributed by atoms with Crippen LogP contribution in [0.1, 0.15) is 29.0 Å². The van der Waals surface area contributed by atoms with Gasteiger partial charge in [0.2, 0.25) is 6.79 Å². The maximum absolute atomic E-state index is 12.8. The van der Waals surface area contributed by atoms with Gasteiger partial charge in [-0.1, -0.05) is 0 Å². The van der Waals surface area contributed by atoms with Crippen LogP contribution in [0.3, 0.4) is 0 Å². The van der Waals surface area contributed by atoms with Crippen molar-refractivity contribution in [3.63, 3.8) is 0 Å². The summed E-state index contributed by atoms with van der Waals surface area (Å²) in [7, 11) is -1.98. The van der Waals surface area contributed by atoms with E-state index in [-0.39, 0.29) is 37.3 Å². The van der Waals surface area contributed by atoms with Crippen LogP contribution in [0.2, 0.25) is 0 Å². The quantitative estimate of drug-likeness (QED) is 0.478. The molecule has 1 saturated heterocycles. The number of aryl methyl sites for hydroxylation is 2. The van der Waals surface area contributed by atoms with Gasteiger partial charge in [0.05, 0.1) is 5.92 Å². The molecule has 0 radical (unpaired) electrons. The van der Waals surface area contributed by atoms with Crippen molar-refractivity contribution in [2.45, 2.75) is 24.8 Å². The summed E-state index contributed by atoms with van der Waals surface area (Å²) < 4.78 is 44.1. The van der Waals surface area contributed by atoms with Crippen LogP contribution in [0.15, 0.2) is 29.4 Å². The number of aromatic nitrogens is 2. The average molecular weight is 449 g/mol. The van der Waals surface area contributed by atoms with Crippen molar-refractivity contribution in [2.24, 2.45) is 13.0 Å². The fourth-order valence-electron chi connectivity index (χ4n) is 3.52. The first-order chi connectivity index (χ1) is 14.8. The van der Waals surface area contributed by atoms with Gasteiger partial charge < -0.3 is 18.8 Å². The van der Waals surface area contributed by atoms with Crippen molar-refractivity contribution < 1.29 is 32.2 Å². The summed E-state index contributed by atoms with van der Waals surface area (Å²) in [5.74, 6) is 0.340. The molecule has 2 aliphatic rings. The molecule has 1 aromatic carbocycles. The Balaban J connectivity index is 1.30. The molecular weight excluding hydrogens is 426 g/mol. The van der Waals surface area contributed by atoms with Gasteiger partial charge in [0.15, 0.2) is 28.9 Å². The zero-order valence-electron chi connectivity index (χ0n) is 17.2. The largest absolute Gasteiger partial charge is 0.457 e. The van der Waals surface area contributed by atoms with E-state index in [0.29, 0.717) is 35.7 Å². The molecule has 166 valence electrons. The Labute approximate surface area is 179 Å². The maximum Gasteiger partial charge on any atom is 0.309 e. The van der Waals surface area contributed by atoms with Crippen molar-refractivity contribution >= 4 is 21.8 Å². The number of carbonyl (C=O) groups excluding carboxylic acids is 2. The Kier molecular flexibility index (Phi) is 5.71. The molecule has 0 saturated carbocycles. The topological polar surface area (TPSA) is 117 Å². The number of rotatable bonds is 6. The minimum atomic E-state index is -3.71. The summed E-state index contributed by atoms with van der Waals surface area (Å²) in [6.07, 6.45) is 2.12. The summed E-state index contributed by atoms with van der Waals surface area (Å²) in [4.78, 5) is 28.8. The molecule has 0 amide bonds. The van der Waals surface area contributed by atoms with Crippen molar-refractivity contribution in [3.05, 3.63) is 35.8 Å². The normalized spacial score (nSPS) is 17.0. The van der Waals surface area contributed by atoms with Crippen molar-refractivity contribution in [1.82, 2.24) is 13.9 Å². The highest BCUT2D eigenvalue weighted by atomic mass is 32.2. The highest BCUT2D eigenvalue weighted by molar-refractivity contribution is 7.89. The Morgan fingerprint density at radius 1 is 1.19 bits per heavy atom. The van der Waals surface area contributed by atoms with E-state index in [4.69, 9.17) is 14.2 Å². The zero-order valence-corrected chi connectivity index (χ0v) is 18.1. The van der Waals surface area contributed by atoms with Crippen molar-refractivity contribution in [3.8, 4) is 11.5 Å². The fourth-order valence-corrected chi connectivity index (χ4v) is 5.02. The standard InChI is InChI=1S/C20H23N3O7S/c1-13-21-19(10-22(13)2)31(26,27)23-7-5-14(6-8-23)20(25)28-11-16(24)15-3-4-17-18(9-15)30-12-29-17/h3-4,9-10,14H,5-8,11-12H2,1-2H3. The van der Waals surface area contributed by atoms with Crippen LogP contribution in [0, 0.1) is 12.8 Å². The molecule has 10 nitrogen and oxygen atoms in total. The molecule has 3 heterocycles. The first-order valence-electron chi connectivity index (χ1n) is 9.85. The summed E-state index contributed by atoms with van der Waals surface area (Å²) in [5.41, 5.74) is 0.364. The van der Waals surface area contributed by atoms with Crippen LogP contribution in [0.5, 0.6) is 11.5 Å². The lowest BCUT2D eigenvalue weighted by Gasteiger charge is -2.29. The number of sulfonamides is 1. The second-order valence-corrected chi connectivity index (χ2v) is 9.40. The molecule has 1 fully saturated rings. The van der Waals surface area contributed by atoms with E-state index in [2.05, 4.69) is 4.98 Å². The van der Waals surface area contributed by atoms with E-state index in [0.717, 1.165) is 0 Å². The first kappa shape index (κ1) is 21.3. The molecule has 0 bridgehead atoms. The number of fused-ring (bicyclic) bond motifs is 1. The molecule has 0 N–H and O–H groups in total. The number of nitrogens with zero attached hydrogens (tertiary/aromatic N) is 3. The van der Waals surface area contributed by atoms with Gasteiger partial charge >= 0.3 is 5.97 Å². The lowest BCUT2D eigenvalue weighted by atomic mass is 9.98. The number of carbonyl (C=O) groups is 2. The third-order valence-corrected chi connectivity index (χ3v) is 7.29. The Hall–Kier alpha value is -2.92. The van der Waals surface area contributed by atoms with E-state index in [1.165, 1.54) is 10.5 Å². The monoisotopic (exact) mass is 449 g/mol. The number of hydrogen-bond donors (Lipinski definition) is 0. The number of Topliss-reactive ketones (excluding diaryl/α,β-unsaturated/α-hetero) is 1. The number of piperidine rings is 1. The molecule has 31 heavy (non-hydrogen) atoms. The molecule has 4 rings (SSSR count). The molecule has 0 spiro atoms. The zero-order chi connectivity index (χ0) is 22.2. The van der Waals surface area contributed by atoms with Crippen molar-refractivity contribution in [2.75, 3.05) is 26.5 Å². The number of imidazole rings is 1. The van der Waals surface area contributed by atoms with Gasteiger partial charge in [-0.3, -0.25) is 9.59 Å². The molecule has 0 unspecified atom stereocenters. The van der Waals surface area contributed by atoms with E-state index in [1.54, 1.807) is 36.7 Å². The first-order valence-corrected chi connectivity index (χ1v) is 11.3. The fraction of sp³-hybridized carbons (Fsp3) is 0.450. The van der Waals surface area contributed by atoms with Crippen molar-refractivity contribution in [1.29, 1.82) is 0 Å². The van der Waals surface area contributed by atoms with Gasteiger partial charge in [-0.05, 0) is 38.0 Å². The number of ketones is 1. The molecule has 2 aliphatic heterocycles. The molecule has 11 heteroatoms. The molecule has 2 aromatic rings. The minimum absolute atomic E-state index is 0.00264. The Bertz CT molecular complexity index is 1100. The smallest absolute Gasteiger partial charge is 0.309 e. The maximum atomic E-state index is 12.8.